The third-order valence-corrected chi connectivity index (χ3v) is 2.46. The Morgan fingerprint density at radius 1 is 1.57 bits per heavy atom. The number of ether oxygens (including phenoxy) is 1. The molecule has 0 aromatic carbocycles. The Labute approximate surface area is 84.8 Å². The minimum Gasteiger partial charge on any atom is -0.449 e. The van der Waals surface area contributed by atoms with Crippen LogP contribution in [0.15, 0.2) is 0 Å². The number of carbonyl (C=O) groups is 1. The number of cyclic esters (lactones) is 1. The Morgan fingerprint density at radius 3 is 2.86 bits per heavy atom. The topological polar surface area (TPSA) is 49.8 Å². The van der Waals surface area contributed by atoms with Gasteiger partial charge in [0.15, 0.2) is 0 Å². The number of carbonyl (C=O) groups excluding carboxylic acids is 1. The lowest BCUT2D eigenvalue weighted by Crippen LogP contribution is -2.43. The van der Waals surface area contributed by atoms with Crippen molar-refractivity contribution in [3.8, 4) is 0 Å². The molecule has 1 aliphatic rings. The van der Waals surface area contributed by atoms with Crippen molar-refractivity contribution in [1.29, 1.82) is 0 Å². The van der Waals surface area contributed by atoms with Gasteiger partial charge in [-0.1, -0.05) is 13.8 Å². The predicted octanol–water partition coefficient (Wildman–Crippen LogP) is 1.24. The molecule has 0 aromatic heterocycles. The molecule has 0 aromatic rings. The van der Waals surface area contributed by atoms with E-state index in [9.17, 15) is 4.79 Å². The Morgan fingerprint density at radius 2 is 2.29 bits per heavy atom. The van der Waals surface area contributed by atoms with Crippen LogP contribution in [-0.2, 0) is 4.74 Å². The Hall–Kier alpha value is -0.770. The van der Waals surface area contributed by atoms with Crippen LogP contribution in [0, 0.1) is 5.41 Å². The molecule has 0 spiro atoms. The highest BCUT2D eigenvalue weighted by atomic mass is 16.6. The molecule has 4 heteroatoms. The minimum atomic E-state index is -0.220. The van der Waals surface area contributed by atoms with Gasteiger partial charge in [0.05, 0.1) is 6.61 Å². The van der Waals surface area contributed by atoms with E-state index in [1.165, 1.54) is 0 Å². The van der Waals surface area contributed by atoms with Crippen molar-refractivity contribution >= 4 is 6.09 Å². The van der Waals surface area contributed by atoms with Crippen LogP contribution < -0.4 is 0 Å². The fourth-order valence-corrected chi connectivity index (χ4v) is 1.64. The van der Waals surface area contributed by atoms with E-state index < -0.39 is 0 Å². The van der Waals surface area contributed by atoms with Gasteiger partial charge in [-0.25, -0.2) is 4.79 Å². The lowest BCUT2D eigenvalue weighted by molar-refractivity contribution is 0.0525. The number of aliphatic hydroxyl groups is 1. The van der Waals surface area contributed by atoms with Crippen LogP contribution in [0.1, 0.15) is 26.7 Å². The smallest absolute Gasteiger partial charge is 0.409 e. The first-order valence-corrected chi connectivity index (χ1v) is 5.08. The van der Waals surface area contributed by atoms with Crippen molar-refractivity contribution in [2.24, 2.45) is 5.41 Å². The zero-order valence-corrected chi connectivity index (χ0v) is 8.95. The Balaban J connectivity index is 2.45. The molecule has 0 aliphatic carbocycles. The average Bonchev–Trinajstić information content (AvgIpc) is 2.08. The first kappa shape index (κ1) is 11.3. The number of rotatable bonds is 4. The van der Waals surface area contributed by atoms with Crippen molar-refractivity contribution in [3.05, 3.63) is 0 Å². The number of nitrogens with zero attached hydrogens (tertiary/aromatic N) is 1. The van der Waals surface area contributed by atoms with Crippen LogP contribution in [0.5, 0.6) is 0 Å². The van der Waals surface area contributed by atoms with Gasteiger partial charge in [-0.15, -0.1) is 0 Å². The normalized spacial score (nSPS) is 18.2. The second kappa shape index (κ2) is 4.64. The van der Waals surface area contributed by atoms with Gasteiger partial charge in [0, 0.05) is 19.7 Å². The molecule has 0 unspecified atom stereocenters. The maximum absolute atomic E-state index is 11.3. The summed E-state index contributed by atoms with van der Waals surface area (Å²) in [6, 6.07) is 0. The molecule has 1 saturated heterocycles. The number of hydrogen-bond donors (Lipinski definition) is 1. The fourth-order valence-electron chi connectivity index (χ4n) is 1.64. The van der Waals surface area contributed by atoms with Gasteiger partial charge in [0.25, 0.3) is 0 Å². The second-order valence-electron chi connectivity index (χ2n) is 4.53. The zero-order chi connectivity index (χ0) is 10.6. The molecular weight excluding hydrogens is 182 g/mol. The van der Waals surface area contributed by atoms with Crippen LogP contribution in [0.3, 0.4) is 0 Å². The molecule has 0 radical (unpaired) electrons. The lowest BCUT2D eigenvalue weighted by Gasteiger charge is -2.34. The van der Waals surface area contributed by atoms with Crippen LogP contribution in [0.25, 0.3) is 0 Å². The van der Waals surface area contributed by atoms with E-state index in [2.05, 4.69) is 0 Å². The molecule has 1 rings (SSSR count). The van der Waals surface area contributed by atoms with Crippen LogP contribution >= 0.6 is 0 Å². The van der Waals surface area contributed by atoms with Gasteiger partial charge in [-0.3, -0.25) is 0 Å². The summed E-state index contributed by atoms with van der Waals surface area (Å²) in [6.45, 7) is 6.22. The maximum atomic E-state index is 11.3. The average molecular weight is 201 g/mol. The minimum absolute atomic E-state index is 0.0366. The monoisotopic (exact) mass is 201 g/mol. The number of hydrogen-bond acceptors (Lipinski definition) is 3. The van der Waals surface area contributed by atoms with Crippen LogP contribution in [0.2, 0.25) is 0 Å². The van der Waals surface area contributed by atoms with E-state index in [-0.39, 0.29) is 18.1 Å². The largest absolute Gasteiger partial charge is 0.449 e. The molecule has 1 fully saturated rings. The summed E-state index contributed by atoms with van der Waals surface area (Å²) >= 11 is 0. The molecule has 4 nitrogen and oxygen atoms in total. The van der Waals surface area contributed by atoms with Gasteiger partial charge in [0.1, 0.15) is 0 Å². The first-order chi connectivity index (χ1) is 6.55. The zero-order valence-electron chi connectivity index (χ0n) is 8.95. The van der Waals surface area contributed by atoms with Crippen molar-refractivity contribution in [1.82, 2.24) is 4.90 Å². The SMILES string of the molecule is CC(C)(CCO)CN1CCCOC1=O. The number of amides is 1. The van der Waals surface area contributed by atoms with Gasteiger partial charge in [-0.05, 0) is 18.3 Å². The van der Waals surface area contributed by atoms with E-state index >= 15 is 0 Å². The van der Waals surface area contributed by atoms with Crippen LogP contribution in [0.4, 0.5) is 4.79 Å². The first-order valence-electron chi connectivity index (χ1n) is 5.08. The number of aliphatic hydroxyl groups excluding tert-OH is 1. The van der Waals surface area contributed by atoms with Gasteiger partial charge >= 0.3 is 6.09 Å². The highest BCUT2D eigenvalue weighted by molar-refractivity contribution is 5.68. The summed E-state index contributed by atoms with van der Waals surface area (Å²) in [7, 11) is 0. The van der Waals surface area contributed by atoms with E-state index in [0.29, 0.717) is 19.6 Å². The summed E-state index contributed by atoms with van der Waals surface area (Å²) in [4.78, 5) is 13.0. The third kappa shape index (κ3) is 3.18. The quantitative estimate of drug-likeness (QED) is 0.744. The van der Waals surface area contributed by atoms with Gasteiger partial charge < -0.3 is 14.7 Å². The molecular formula is C10H19NO3. The molecule has 0 bridgehead atoms. The highest BCUT2D eigenvalue weighted by Crippen LogP contribution is 2.22. The Bertz CT molecular complexity index is 204. The summed E-state index contributed by atoms with van der Waals surface area (Å²) in [5.41, 5.74) is -0.0366. The molecule has 14 heavy (non-hydrogen) atoms. The van der Waals surface area contributed by atoms with Crippen molar-refractivity contribution in [2.45, 2.75) is 26.7 Å². The van der Waals surface area contributed by atoms with Crippen molar-refractivity contribution in [3.63, 3.8) is 0 Å². The fraction of sp³-hybridized carbons (Fsp3) is 0.900. The highest BCUT2D eigenvalue weighted by Gasteiger charge is 2.27. The summed E-state index contributed by atoms with van der Waals surface area (Å²) in [6.07, 6.45) is 1.39. The van der Waals surface area contributed by atoms with Gasteiger partial charge in [-0.2, -0.15) is 0 Å². The molecule has 1 heterocycles. The van der Waals surface area contributed by atoms with Gasteiger partial charge in [0.2, 0.25) is 0 Å². The summed E-state index contributed by atoms with van der Waals surface area (Å²) < 4.78 is 4.94. The molecule has 82 valence electrons. The predicted molar refractivity (Wildman–Crippen MR) is 53.0 cm³/mol. The Kier molecular flexibility index (Phi) is 3.75. The van der Waals surface area contributed by atoms with E-state index in [1.807, 2.05) is 13.8 Å². The van der Waals surface area contributed by atoms with E-state index in [1.54, 1.807) is 4.90 Å². The molecule has 1 N–H and O–H groups in total. The third-order valence-electron chi connectivity index (χ3n) is 2.46. The second-order valence-corrected chi connectivity index (χ2v) is 4.53. The lowest BCUT2D eigenvalue weighted by atomic mass is 9.89. The summed E-state index contributed by atoms with van der Waals surface area (Å²) in [5.74, 6) is 0. The molecule has 1 aliphatic heterocycles. The van der Waals surface area contributed by atoms with E-state index in [4.69, 9.17) is 9.84 Å². The molecule has 0 atom stereocenters. The maximum Gasteiger partial charge on any atom is 0.409 e. The van der Waals surface area contributed by atoms with Crippen LogP contribution in [-0.4, -0.2) is 42.4 Å². The van der Waals surface area contributed by atoms with E-state index in [0.717, 1.165) is 13.0 Å². The molecule has 0 saturated carbocycles. The molecule has 1 amide bonds. The van der Waals surface area contributed by atoms with Crippen molar-refractivity contribution < 1.29 is 14.6 Å². The standard InChI is InChI=1S/C10H19NO3/c1-10(2,4-6-12)8-11-5-3-7-14-9(11)13/h12H,3-8H2,1-2H3. The summed E-state index contributed by atoms with van der Waals surface area (Å²) in [5, 5.41) is 8.86. The van der Waals surface area contributed by atoms with Crippen molar-refractivity contribution in [2.75, 3.05) is 26.3 Å².